The summed E-state index contributed by atoms with van der Waals surface area (Å²) in [4.78, 5) is 24.9. The van der Waals surface area contributed by atoms with Gasteiger partial charge in [0.05, 0.1) is 11.2 Å². The largest absolute Gasteiger partial charge is 0.507 e. The van der Waals surface area contributed by atoms with Crippen molar-refractivity contribution in [2.45, 2.75) is 25.7 Å². The molecule has 9 nitrogen and oxygen atoms in total. The lowest BCUT2D eigenvalue weighted by atomic mass is 10.2. The minimum Gasteiger partial charge on any atom is -0.507 e. The van der Waals surface area contributed by atoms with Gasteiger partial charge in [-0.25, -0.2) is 18.4 Å². The van der Waals surface area contributed by atoms with Crippen molar-refractivity contribution in [2.75, 3.05) is 44.2 Å². The number of benzene rings is 1. The van der Waals surface area contributed by atoms with Gasteiger partial charge in [0.15, 0.2) is 5.69 Å². The van der Waals surface area contributed by atoms with Crippen LogP contribution in [0.4, 0.5) is 5.95 Å². The molecular weight excluding hydrogens is 442 g/mol. The molecule has 0 atom stereocenters. The van der Waals surface area contributed by atoms with Crippen molar-refractivity contribution >= 4 is 33.5 Å². The van der Waals surface area contributed by atoms with E-state index in [2.05, 4.69) is 9.97 Å². The zero-order valence-corrected chi connectivity index (χ0v) is 19.3. The predicted octanol–water partition coefficient (Wildman–Crippen LogP) is 2.14. The summed E-state index contributed by atoms with van der Waals surface area (Å²) >= 11 is 6.19. The number of piperazine rings is 1. The molecule has 3 rings (SSSR count). The number of hydrogen-bond donors (Lipinski definition) is 1. The second-order valence-electron chi connectivity index (χ2n) is 7.21. The fourth-order valence-corrected chi connectivity index (χ4v) is 5.18. The zero-order chi connectivity index (χ0) is 22.8. The summed E-state index contributed by atoms with van der Waals surface area (Å²) in [6, 6.07) is 4.45. The molecular formula is C20H26ClN5O4S. The fraction of sp³-hybridized carbons (Fsp3) is 0.450. The molecule has 1 aromatic carbocycles. The molecule has 2 heterocycles. The molecule has 1 aromatic heterocycles. The minimum absolute atomic E-state index is 0.103. The van der Waals surface area contributed by atoms with Gasteiger partial charge in [-0.2, -0.15) is 4.31 Å². The molecule has 1 N–H and O–H groups in total. The van der Waals surface area contributed by atoms with Crippen LogP contribution >= 0.6 is 11.6 Å². The molecule has 1 aliphatic rings. The summed E-state index contributed by atoms with van der Waals surface area (Å²) in [5.74, 6) is -0.231. The minimum atomic E-state index is -3.87. The number of halogens is 1. The molecule has 1 amide bonds. The van der Waals surface area contributed by atoms with Crippen molar-refractivity contribution < 1.29 is 18.3 Å². The number of aromatic nitrogens is 2. The second-order valence-corrected chi connectivity index (χ2v) is 9.52. The molecule has 168 valence electrons. The highest BCUT2D eigenvalue weighted by Gasteiger charge is 2.33. The number of phenols is 1. The Kier molecular flexibility index (Phi) is 7.03. The number of amides is 1. The first kappa shape index (κ1) is 23.2. The van der Waals surface area contributed by atoms with Gasteiger partial charge < -0.3 is 14.9 Å². The molecule has 0 bridgehead atoms. The lowest BCUT2D eigenvalue weighted by Crippen LogP contribution is -2.50. The molecule has 1 aliphatic heterocycles. The molecule has 0 saturated carbocycles. The number of anilines is 1. The highest BCUT2D eigenvalue weighted by Crippen LogP contribution is 2.28. The standard InChI is InChI=1S/C20H26ClN5O4S/c1-4-24(5-2)20-22-13-15(21)18(23-20)19(28)25-8-10-26(11-9-25)31(29,30)17-12-14(3)6-7-16(17)27/h6-7,12-13,27H,4-5,8-11H2,1-3H3. The summed E-state index contributed by atoms with van der Waals surface area (Å²) < 4.78 is 27.2. The van der Waals surface area contributed by atoms with Crippen LogP contribution in [0.1, 0.15) is 29.9 Å². The van der Waals surface area contributed by atoms with Gasteiger partial charge in [-0.1, -0.05) is 17.7 Å². The number of nitrogens with zero attached hydrogens (tertiary/aromatic N) is 5. The number of carbonyl (C=O) groups excluding carboxylic acids is 1. The summed E-state index contributed by atoms with van der Waals surface area (Å²) in [6.45, 7) is 7.65. The van der Waals surface area contributed by atoms with Gasteiger partial charge >= 0.3 is 0 Å². The van der Waals surface area contributed by atoms with E-state index in [1.165, 1.54) is 27.5 Å². The van der Waals surface area contributed by atoms with Crippen LogP contribution in [-0.4, -0.2) is 77.9 Å². The Labute approximate surface area is 187 Å². The summed E-state index contributed by atoms with van der Waals surface area (Å²) in [5.41, 5.74) is 0.832. The van der Waals surface area contributed by atoms with Gasteiger partial charge in [0.1, 0.15) is 10.6 Å². The maximum absolute atomic E-state index is 13.0. The summed E-state index contributed by atoms with van der Waals surface area (Å²) in [7, 11) is -3.87. The molecule has 0 aliphatic carbocycles. The molecule has 0 radical (unpaired) electrons. The first-order chi connectivity index (χ1) is 14.7. The normalized spacial score (nSPS) is 15.2. The molecule has 1 saturated heterocycles. The zero-order valence-electron chi connectivity index (χ0n) is 17.7. The van der Waals surface area contributed by atoms with E-state index in [1.807, 2.05) is 18.7 Å². The van der Waals surface area contributed by atoms with Crippen LogP contribution in [0.15, 0.2) is 29.3 Å². The number of rotatable bonds is 6. The Hall–Kier alpha value is -2.43. The number of phenolic OH excluding ortho intramolecular Hbond substituents is 1. The van der Waals surface area contributed by atoms with Crippen LogP contribution < -0.4 is 4.90 Å². The van der Waals surface area contributed by atoms with Gasteiger partial charge in [-0.05, 0) is 38.5 Å². The van der Waals surface area contributed by atoms with E-state index in [4.69, 9.17) is 11.6 Å². The third kappa shape index (κ3) is 4.76. The Morgan fingerprint density at radius 2 is 1.84 bits per heavy atom. The lowest BCUT2D eigenvalue weighted by Gasteiger charge is -2.34. The monoisotopic (exact) mass is 467 g/mol. The average molecular weight is 468 g/mol. The topological polar surface area (TPSA) is 107 Å². The first-order valence-corrected chi connectivity index (χ1v) is 11.9. The van der Waals surface area contributed by atoms with Gasteiger partial charge in [0.2, 0.25) is 16.0 Å². The van der Waals surface area contributed by atoms with Crippen LogP contribution in [0.2, 0.25) is 5.02 Å². The van der Waals surface area contributed by atoms with Crippen molar-refractivity contribution in [3.63, 3.8) is 0 Å². The number of carbonyl (C=O) groups is 1. The highest BCUT2D eigenvalue weighted by atomic mass is 35.5. The van der Waals surface area contributed by atoms with Gasteiger partial charge in [-0.3, -0.25) is 4.79 Å². The van der Waals surface area contributed by atoms with Crippen molar-refractivity contribution in [3.05, 3.63) is 40.7 Å². The average Bonchev–Trinajstić information content (AvgIpc) is 2.77. The van der Waals surface area contributed by atoms with Crippen LogP contribution in [0, 0.1) is 6.92 Å². The van der Waals surface area contributed by atoms with E-state index in [0.29, 0.717) is 19.0 Å². The van der Waals surface area contributed by atoms with Crippen molar-refractivity contribution in [1.29, 1.82) is 0 Å². The molecule has 1 fully saturated rings. The molecule has 2 aromatic rings. The first-order valence-electron chi connectivity index (χ1n) is 10.1. The fourth-order valence-electron chi connectivity index (χ4n) is 3.41. The van der Waals surface area contributed by atoms with Crippen molar-refractivity contribution in [3.8, 4) is 5.75 Å². The third-order valence-corrected chi connectivity index (χ3v) is 7.44. The Bertz CT molecular complexity index is 1070. The van der Waals surface area contributed by atoms with Crippen molar-refractivity contribution in [2.24, 2.45) is 0 Å². The Balaban J connectivity index is 1.76. The summed E-state index contributed by atoms with van der Waals surface area (Å²) in [6.07, 6.45) is 1.41. The number of aryl methyl sites for hydroxylation is 1. The van der Waals surface area contributed by atoms with E-state index in [-0.39, 0.29) is 53.4 Å². The van der Waals surface area contributed by atoms with Crippen LogP contribution in [-0.2, 0) is 10.0 Å². The van der Waals surface area contributed by atoms with Crippen LogP contribution in [0.5, 0.6) is 5.75 Å². The van der Waals surface area contributed by atoms with Crippen LogP contribution in [0.3, 0.4) is 0 Å². The quantitative estimate of drug-likeness (QED) is 0.693. The van der Waals surface area contributed by atoms with Gasteiger partial charge in [-0.15, -0.1) is 0 Å². The third-order valence-electron chi connectivity index (χ3n) is 5.24. The number of sulfonamides is 1. The van der Waals surface area contributed by atoms with E-state index in [9.17, 15) is 18.3 Å². The van der Waals surface area contributed by atoms with Crippen molar-refractivity contribution in [1.82, 2.24) is 19.2 Å². The van der Waals surface area contributed by atoms with Crippen LogP contribution in [0.25, 0.3) is 0 Å². The Morgan fingerprint density at radius 1 is 1.19 bits per heavy atom. The smallest absolute Gasteiger partial charge is 0.274 e. The molecule has 0 spiro atoms. The SMILES string of the molecule is CCN(CC)c1ncc(Cl)c(C(=O)N2CCN(S(=O)(=O)c3cc(C)ccc3O)CC2)n1. The maximum atomic E-state index is 13.0. The molecule has 0 unspecified atom stereocenters. The molecule has 11 heteroatoms. The van der Waals surface area contributed by atoms with Gasteiger partial charge in [0.25, 0.3) is 5.91 Å². The van der Waals surface area contributed by atoms with E-state index in [1.54, 1.807) is 13.0 Å². The second kappa shape index (κ2) is 9.37. The summed E-state index contributed by atoms with van der Waals surface area (Å²) in [5, 5.41) is 10.2. The highest BCUT2D eigenvalue weighted by molar-refractivity contribution is 7.89. The lowest BCUT2D eigenvalue weighted by molar-refractivity contribution is 0.0692. The number of aromatic hydroxyl groups is 1. The maximum Gasteiger partial charge on any atom is 0.274 e. The number of hydrogen-bond acceptors (Lipinski definition) is 7. The van der Waals surface area contributed by atoms with E-state index in [0.717, 1.165) is 5.56 Å². The Morgan fingerprint density at radius 3 is 2.45 bits per heavy atom. The van der Waals surface area contributed by atoms with E-state index < -0.39 is 10.0 Å². The molecule has 31 heavy (non-hydrogen) atoms. The van der Waals surface area contributed by atoms with E-state index >= 15 is 0 Å². The van der Waals surface area contributed by atoms with Gasteiger partial charge in [0, 0.05) is 39.3 Å². The predicted molar refractivity (Wildman–Crippen MR) is 118 cm³/mol.